The predicted molar refractivity (Wildman–Crippen MR) is 258 cm³/mol. The van der Waals surface area contributed by atoms with Gasteiger partial charge in [-0.05, 0) is 76.4 Å². The normalized spacial score (nSPS) is 21.3. The predicted octanol–water partition coefficient (Wildman–Crippen LogP) is 9.14. The second-order valence-corrected chi connectivity index (χ2v) is 19.6. The number of benzene rings is 5. The summed E-state index contributed by atoms with van der Waals surface area (Å²) < 4.78 is 37.9. The Morgan fingerprint density at radius 3 is 1.88 bits per heavy atom. The van der Waals surface area contributed by atoms with Gasteiger partial charge in [0, 0.05) is 55.6 Å². The molecule has 3 aliphatic rings. The first kappa shape index (κ1) is 45.8. The molecule has 5 unspecified atom stereocenters. The van der Waals surface area contributed by atoms with Crippen LogP contribution >= 0.6 is 0 Å². The third-order valence-corrected chi connectivity index (χ3v) is 14.3. The molecule has 0 spiro atoms. The second-order valence-electron chi connectivity index (χ2n) is 19.6. The summed E-state index contributed by atoms with van der Waals surface area (Å²) in [5.41, 5.74) is 5.89. The van der Waals surface area contributed by atoms with Crippen molar-refractivity contribution >= 4 is 67.4 Å². The number of carbonyl (C=O) groups excluding carboxylic acids is 4. The van der Waals surface area contributed by atoms with Crippen molar-refractivity contribution in [2.24, 2.45) is 23.7 Å². The second kappa shape index (κ2) is 18.2. The quantitative estimate of drug-likeness (QED) is 0.0939. The maximum Gasteiger partial charge on any atom is 0.407 e. The lowest BCUT2D eigenvalue weighted by Gasteiger charge is -2.35. The van der Waals surface area contributed by atoms with Crippen LogP contribution in [-0.4, -0.2) is 99.4 Å². The number of carbonyl (C=O) groups is 4. The Morgan fingerprint density at radius 1 is 0.754 bits per heavy atom. The molecule has 5 aromatic carbocycles. The molecule has 4 heterocycles. The number of nitrogens with zero attached hydrogens (tertiary/aromatic N) is 4. The summed E-state index contributed by atoms with van der Waals surface area (Å²) in [5.74, 6) is -3.35. The van der Waals surface area contributed by atoms with Gasteiger partial charge in [-0.3, -0.25) is 14.4 Å². The molecule has 3 fully saturated rings. The molecular weight excluding hydrogens is 883 g/mol. The minimum Gasteiger partial charge on any atom is -0.453 e. The average Bonchev–Trinajstić information content (AvgIpc) is 4.16. The van der Waals surface area contributed by atoms with Gasteiger partial charge in [-0.2, -0.15) is 0 Å². The third kappa shape index (κ3) is 8.75. The molecule has 16 heteroatoms. The summed E-state index contributed by atoms with van der Waals surface area (Å²) in [4.78, 5) is 74.8. The van der Waals surface area contributed by atoms with Crippen molar-refractivity contribution < 1.29 is 37.4 Å². The minimum absolute atomic E-state index is 0.0000346. The van der Waals surface area contributed by atoms with Gasteiger partial charge in [-0.15, -0.1) is 0 Å². The summed E-state index contributed by atoms with van der Waals surface area (Å²) in [6.45, 7) is 7.27. The SMILES string of the molecule is COCC1CC(c2nc3c(ccc4cc(-c5ccc6c(ccc7[nH]c(C8CC(C)CN8C(=O)C(NC(=O)OC)C(C)C)nc76)c5)ccc43)[nH]2)N(C(=O)[C@H](NC(=O)C2CC(F)(F)C2)c2ccccc2)C1. The highest BCUT2D eigenvalue weighted by Crippen LogP contribution is 2.44. The van der Waals surface area contributed by atoms with Crippen LogP contribution in [0.5, 0.6) is 0 Å². The van der Waals surface area contributed by atoms with Crippen molar-refractivity contribution in [3.05, 3.63) is 108 Å². The molecule has 2 saturated heterocycles. The number of ether oxygens (including phenoxy) is 2. The van der Waals surface area contributed by atoms with E-state index in [9.17, 15) is 28.0 Å². The van der Waals surface area contributed by atoms with E-state index >= 15 is 0 Å². The molecule has 4 N–H and O–H groups in total. The highest BCUT2D eigenvalue weighted by atomic mass is 19.3. The topological polar surface area (TPSA) is 175 Å². The fourth-order valence-electron chi connectivity index (χ4n) is 10.7. The van der Waals surface area contributed by atoms with Gasteiger partial charge in [0.2, 0.25) is 23.6 Å². The maximum atomic E-state index is 14.6. The molecule has 0 bridgehead atoms. The highest BCUT2D eigenvalue weighted by Gasteiger charge is 2.50. The zero-order chi connectivity index (χ0) is 48.3. The van der Waals surface area contributed by atoms with Gasteiger partial charge in [0.25, 0.3) is 0 Å². The van der Waals surface area contributed by atoms with E-state index in [2.05, 4.69) is 76.1 Å². The number of rotatable bonds is 12. The number of aromatic amines is 2. The van der Waals surface area contributed by atoms with E-state index in [0.29, 0.717) is 43.3 Å². The minimum atomic E-state index is -2.87. The number of nitrogens with one attached hydrogen (secondary N) is 4. The average molecular weight is 939 g/mol. The maximum absolute atomic E-state index is 14.6. The van der Waals surface area contributed by atoms with Gasteiger partial charge >= 0.3 is 6.09 Å². The number of imidazole rings is 2. The Morgan fingerprint density at radius 2 is 1.33 bits per heavy atom. The number of methoxy groups -OCH3 is 2. The molecule has 4 amide bonds. The fraction of sp³-hybridized carbons (Fsp3) is 0.396. The number of fused-ring (bicyclic) bond motifs is 6. The van der Waals surface area contributed by atoms with Crippen LogP contribution in [0.1, 0.15) is 81.8 Å². The van der Waals surface area contributed by atoms with Gasteiger partial charge < -0.3 is 39.9 Å². The van der Waals surface area contributed by atoms with Crippen LogP contribution < -0.4 is 10.6 Å². The van der Waals surface area contributed by atoms with E-state index in [1.165, 1.54) is 7.11 Å². The highest BCUT2D eigenvalue weighted by molar-refractivity contribution is 6.07. The number of hydrogen-bond acceptors (Lipinski definition) is 8. The van der Waals surface area contributed by atoms with E-state index in [-0.39, 0.29) is 35.6 Å². The van der Waals surface area contributed by atoms with Crippen molar-refractivity contribution in [1.82, 2.24) is 40.4 Å². The lowest BCUT2D eigenvalue weighted by molar-refractivity contribution is -0.153. The molecule has 14 nitrogen and oxygen atoms in total. The van der Waals surface area contributed by atoms with Crippen LogP contribution in [0.3, 0.4) is 0 Å². The van der Waals surface area contributed by atoms with Crippen molar-refractivity contribution in [2.45, 2.75) is 76.5 Å². The largest absolute Gasteiger partial charge is 0.453 e. The summed E-state index contributed by atoms with van der Waals surface area (Å²) >= 11 is 0. The van der Waals surface area contributed by atoms with Gasteiger partial charge in [0.05, 0.1) is 47.9 Å². The van der Waals surface area contributed by atoms with Crippen LogP contribution in [0.15, 0.2) is 91.0 Å². The molecule has 69 heavy (non-hydrogen) atoms. The summed E-state index contributed by atoms with van der Waals surface area (Å²) in [5, 5.41) is 9.48. The Hall–Kier alpha value is -6.94. The molecule has 2 aliphatic heterocycles. The Kier molecular flexibility index (Phi) is 12.1. The summed E-state index contributed by atoms with van der Waals surface area (Å²) in [6, 6.07) is 27.2. The Bertz CT molecular complexity index is 3110. The molecule has 10 rings (SSSR count). The lowest BCUT2D eigenvalue weighted by Crippen LogP contribution is -2.51. The van der Waals surface area contributed by atoms with Crippen molar-refractivity contribution in [2.75, 3.05) is 33.9 Å². The summed E-state index contributed by atoms with van der Waals surface area (Å²) in [6.07, 6.45) is -0.389. The molecular formula is C53H56F2N8O6. The number of amides is 4. The number of alkyl halides is 2. The van der Waals surface area contributed by atoms with Crippen LogP contribution in [0.4, 0.5) is 13.6 Å². The zero-order valence-electron chi connectivity index (χ0n) is 39.2. The molecule has 6 atom stereocenters. The molecule has 1 saturated carbocycles. The molecule has 358 valence electrons. The number of alkyl carbamates (subject to hydrolysis) is 1. The molecule has 1 aliphatic carbocycles. The smallest absolute Gasteiger partial charge is 0.407 e. The molecule has 7 aromatic rings. The van der Waals surface area contributed by atoms with Crippen molar-refractivity contribution in [3.8, 4) is 11.1 Å². The third-order valence-electron chi connectivity index (χ3n) is 14.3. The van der Waals surface area contributed by atoms with Crippen LogP contribution in [0.25, 0.3) is 54.7 Å². The van der Waals surface area contributed by atoms with E-state index in [0.717, 1.165) is 61.2 Å². The first-order valence-electron chi connectivity index (χ1n) is 23.7. The number of hydrogen-bond donors (Lipinski definition) is 4. The number of H-pyrrole nitrogens is 2. The number of aromatic nitrogens is 4. The van der Waals surface area contributed by atoms with Gasteiger partial charge in [-0.25, -0.2) is 23.5 Å². The fourth-order valence-corrected chi connectivity index (χ4v) is 10.7. The monoisotopic (exact) mass is 938 g/mol. The number of likely N-dealkylation sites (tertiary alicyclic amines) is 2. The standard InChI is InChI=1S/C53H56F2N8O6/c1-28(2)43(61-52(67)69-5)50(65)62-25-29(3)19-41(62)47-56-39-17-13-34-21-32(11-15-37(34)45(39)58-47)33-12-16-38-35(22-33)14-18-40-46(38)59-48(57-40)42-20-30(27-68-4)26-63(42)51(66)44(31-9-7-6-8-10-31)60-49(64)36-23-53(54,55)24-36/h6-18,21-22,28-30,36,41-44H,19-20,23-27H2,1-5H3,(H,56,58)(H,57,59)(H,60,64)(H,61,67)/t29?,30?,41?,42?,43?,44-/m1/s1. The molecule has 0 radical (unpaired) electrons. The van der Waals surface area contributed by atoms with Crippen molar-refractivity contribution in [1.29, 1.82) is 0 Å². The number of halogens is 2. The lowest BCUT2D eigenvalue weighted by atomic mass is 9.80. The van der Waals surface area contributed by atoms with E-state index in [4.69, 9.17) is 19.4 Å². The van der Waals surface area contributed by atoms with Crippen molar-refractivity contribution in [3.63, 3.8) is 0 Å². The van der Waals surface area contributed by atoms with Gasteiger partial charge in [0.15, 0.2) is 0 Å². The van der Waals surface area contributed by atoms with Gasteiger partial charge in [-0.1, -0.05) is 87.5 Å². The first-order valence-corrected chi connectivity index (χ1v) is 23.7. The van der Waals surface area contributed by atoms with E-state index in [1.807, 2.05) is 36.9 Å². The Labute approximate surface area is 397 Å². The van der Waals surface area contributed by atoms with E-state index in [1.54, 1.807) is 36.3 Å². The van der Waals surface area contributed by atoms with Crippen LogP contribution in [0, 0.1) is 23.7 Å². The van der Waals surface area contributed by atoms with Crippen LogP contribution in [0.2, 0.25) is 0 Å². The first-order chi connectivity index (χ1) is 33.2. The van der Waals surface area contributed by atoms with E-state index < -0.39 is 54.8 Å². The zero-order valence-corrected chi connectivity index (χ0v) is 39.2. The molecule has 2 aromatic heterocycles. The van der Waals surface area contributed by atoms with Gasteiger partial charge in [0.1, 0.15) is 23.7 Å². The van der Waals surface area contributed by atoms with Crippen LogP contribution in [-0.2, 0) is 23.9 Å². The Balaban J connectivity index is 0.916. The summed E-state index contributed by atoms with van der Waals surface area (Å²) in [7, 11) is 2.92.